The maximum Gasteiger partial charge on any atom is 0.161 e. The van der Waals surface area contributed by atoms with Crippen LogP contribution in [0.25, 0.3) is 0 Å². The summed E-state index contributed by atoms with van der Waals surface area (Å²) < 4.78 is 12.8. The van der Waals surface area contributed by atoms with Crippen LogP contribution in [-0.2, 0) is 13.0 Å². The van der Waals surface area contributed by atoms with Crippen LogP contribution in [-0.4, -0.2) is 23.5 Å². The summed E-state index contributed by atoms with van der Waals surface area (Å²) in [6.45, 7) is 3.27. The summed E-state index contributed by atoms with van der Waals surface area (Å²) in [5.74, 6) is 2.03. The molecule has 102 valence electrons. The van der Waals surface area contributed by atoms with Gasteiger partial charge in [-0.05, 0) is 30.2 Å². The summed E-state index contributed by atoms with van der Waals surface area (Å²) in [6.07, 6.45) is 2.80. The van der Waals surface area contributed by atoms with Crippen molar-refractivity contribution in [3.8, 4) is 11.5 Å². The van der Waals surface area contributed by atoms with Crippen LogP contribution < -0.4 is 15.2 Å². The molecule has 1 heterocycles. The lowest BCUT2D eigenvalue weighted by Crippen LogP contribution is -2.09. The summed E-state index contributed by atoms with van der Waals surface area (Å²) >= 11 is 0. The Kier molecular flexibility index (Phi) is 4.28. The predicted molar refractivity (Wildman–Crippen MR) is 74.5 cm³/mol. The average molecular weight is 261 g/mol. The van der Waals surface area contributed by atoms with Crippen molar-refractivity contribution in [2.75, 3.05) is 19.5 Å². The van der Waals surface area contributed by atoms with Crippen molar-refractivity contribution < 1.29 is 9.47 Å². The number of methoxy groups -OCH3 is 1. The third-order valence-corrected chi connectivity index (χ3v) is 2.88. The number of benzene rings is 1. The minimum atomic E-state index is 0.517. The second kappa shape index (κ2) is 6.13. The normalized spacial score (nSPS) is 10.4. The van der Waals surface area contributed by atoms with Crippen LogP contribution in [0.2, 0.25) is 0 Å². The van der Waals surface area contributed by atoms with Gasteiger partial charge in [-0.15, -0.1) is 0 Å². The fourth-order valence-electron chi connectivity index (χ4n) is 1.80. The lowest BCUT2D eigenvalue weighted by atomic mass is 10.1. The maximum atomic E-state index is 5.71. The van der Waals surface area contributed by atoms with Crippen molar-refractivity contribution in [2.24, 2.45) is 0 Å². The SMILES string of the molecule is CCc1ccc(OCCn2ccc(N)n2)c(OC)c1. The Morgan fingerprint density at radius 1 is 1.26 bits per heavy atom. The van der Waals surface area contributed by atoms with Crippen molar-refractivity contribution >= 4 is 5.82 Å². The second-order valence-corrected chi connectivity index (χ2v) is 4.19. The molecule has 0 fully saturated rings. The predicted octanol–water partition coefficient (Wildman–Crippen LogP) is 2.12. The van der Waals surface area contributed by atoms with E-state index >= 15 is 0 Å². The Morgan fingerprint density at radius 2 is 2.11 bits per heavy atom. The van der Waals surface area contributed by atoms with E-state index in [1.807, 2.05) is 24.4 Å². The molecule has 0 atom stereocenters. The smallest absolute Gasteiger partial charge is 0.161 e. The number of nitrogens with zero attached hydrogens (tertiary/aromatic N) is 2. The fraction of sp³-hybridized carbons (Fsp3) is 0.357. The van der Waals surface area contributed by atoms with Crippen LogP contribution in [0.3, 0.4) is 0 Å². The number of hydrogen-bond acceptors (Lipinski definition) is 4. The number of ether oxygens (including phenoxy) is 2. The molecule has 1 aromatic carbocycles. The van der Waals surface area contributed by atoms with Crippen LogP contribution >= 0.6 is 0 Å². The summed E-state index contributed by atoms with van der Waals surface area (Å²) in [4.78, 5) is 0. The van der Waals surface area contributed by atoms with Crippen molar-refractivity contribution in [3.63, 3.8) is 0 Å². The molecule has 0 bridgehead atoms. The third kappa shape index (κ3) is 3.40. The van der Waals surface area contributed by atoms with Gasteiger partial charge in [-0.2, -0.15) is 5.10 Å². The second-order valence-electron chi connectivity index (χ2n) is 4.19. The Labute approximate surface area is 112 Å². The highest BCUT2D eigenvalue weighted by atomic mass is 16.5. The maximum absolute atomic E-state index is 5.71. The van der Waals surface area contributed by atoms with Gasteiger partial charge in [-0.1, -0.05) is 13.0 Å². The lowest BCUT2D eigenvalue weighted by molar-refractivity contribution is 0.274. The molecule has 5 heteroatoms. The van der Waals surface area contributed by atoms with Crippen molar-refractivity contribution in [1.82, 2.24) is 9.78 Å². The number of nitrogen functional groups attached to an aromatic ring is 1. The number of aromatic nitrogens is 2. The van der Waals surface area contributed by atoms with E-state index in [1.165, 1.54) is 5.56 Å². The molecule has 2 rings (SSSR count). The zero-order valence-corrected chi connectivity index (χ0v) is 11.3. The van der Waals surface area contributed by atoms with Crippen LogP contribution in [0.1, 0.15) is 12.5 Å². The average Bonchev–Trinajstić information content (AvgIpc) is 2.84. The van der Waals surface area contributed by atoms with Crippen LogP contribution in [0.15, 0.2) is 30.5 Å². The monoisotopic (exact) mass is 261 g/mol. The van der Waals surface area contributed by atoms with Gasteiger partial charge < -0.3 is 15.2 Å². The summed E-state index contributed by atoms with van der Waals surface area (Å²) in [7, 11) is 1.65. The van der Waals surface area contributed by atoms with Crippen molar-refractivity contribution in [1.29, 1.82) is 0 Å². The Morgan fingerprint density at radius 3 is 2.74 bits per heavy atom. The van der Waals surface area contributed by atoms with Gasteiger partial charge in [0.15, 0.2) is 11.5 Å². The molecule has 2 N–H and O–H groups in total. The molecule has 19 heavy (non-hydrogen) atoms. The van der Waals surface area contributed by atoms with Gasteiger partial charge >= 0.3 is 0 Å². The van der Waals surface area contributed by atoms with E-state index in [2.05, 4.69) is 12.0 Å². The highest BCUT2D eigenvalue weighted by Gasteiger charge is 2.05. The number of rotatable bonds is 6. The molecule has 0 aliphatic heterocycles. The summed E-state index contributed by atoms with van der Waals surface area (Å²) in [5.41, 5.74) is 6.77. The first-order chi connectivity index (χ1) is 9.22. The molecule has 5 nitrogen and oxygen atoms in total. The zero-order valence-electron chi connectivity index (χ0n) is 11.3. The van der Waals surface area contributed by atoms with Crippen LogP contribution in [0, 0.1) is 0 Å². The summed E-state index contributed by atoms with van der Waals surface area (Å²) in [6, 6.07) is 7.75. The van der Waals surface area contributed by atoms with Gasteiger partial charge in [0.25, 0.3) is 0 Å². The van der Waals surface area contributed by atoms with E-state index in [-0.39, 0.29) is 0 Å². The van der Waals surface area contributed by atoms with E-state index in [9.17, 15) is 0 Å². The zero-order chi connectivity index (χ0) is 13.7. The van der Waals surface area contributed by atoms with E-state index in [4.69, 9.17) is 15.2 Å². The largest absolute Gasteiger partial charge is 0.493 e. The molecule has 2 aromatic rings. The Balaban J connectivity index is 1.95. The molecule has 0 radical (unpaired) electrons. The standard InChI is InChI=1S/C14H19N3O2/c1-3-11-4-5-12(13(10-11)18-2)19-9-8-17-7-6-14(15)16-17/h4-7,10H,3,8-9H2,1-2H3,(H2,15,16). The van der Waals surface area contributed by atoms with Gasteiger partial charge in [0.1, 0.15) is 12.4 Å². The third-order valence-electron chi connectivity index (χ3n) is 2.88. The molecule has 0 unspecified atom stereocenters. The highest BCUT2D eigenvalue weighted by Crippen LogP contribution is 2.28. The van der Waals surface area contributed by atoms with Gasteiger partial charge in [0.05, 0.1) is 13.7 Å². The lowest BCUT2D eigenvalue weighted by Gasteiger charge is -2.11. The van der Waals surface area contributed by atoms with Gasteiger partial charge in [0, 0.05) is 6.20 Å². The molecule has 0 spiro atoms. The number of hydrogen-bond donors (Lipinski definition) is 1. The molecular formula is C14H19N3O2. The number of aryl methyl sites for hydroxylation is 1. The van der Waals surface area contributed by atoms with E-state index in [0.717, 1.165) is 17.9 Å². The first-order valence-electron chi connectivity index (χ1n) is 6.31. The topological polar surface area (TPSA) is 62.3 Å². The molecular weight excluding hydrogens is 242 g/mol. The fourth-order valence-corrected chi connectivity index (χ4v) is 1.80. The van der Waals surface area contributed by atoms with Gasteiger partial charge in [-0.25, -0.2) is 0 Å². The highest BCUT2D eigenvalue weighted by molar-refractivity contribution is 5.42. The minimum absolute atomic E-state index is 0.517. The molecule has 1 aromatic heterocycles. The molecule has 0 aliphatic rings. The van der Waals surface area contributed by atoms with Crippen LogP contribution in [0.4, 0.5) is 5.82 Å². The Bertz CT molecular complexity index is 537. The quantitative estimate of drug-likeness (QED) is 0.865. The number of nitrogens with two attached hydrogens (primary N) is 1. The van der Waals surface area contributed by atoms with E-state index in [0.29, 0.717) is 19.0 Å². The summed E-state index contributed by atoms with van der Waals surface area (Å²) in [5, 5.41) is 4.10. The molecule has 0 aliphatic carbocycles. The number of anilines is 1. The van der Waals surface area contributed by atoms with Crippen molar-refractivity contribution in [2.45, 2.75) is 19.9 Å². The van der Waals surface area contributed by atoms with E-state index in [1.54, 1.807) is 17.9 Å². The van der Waals surface area contributed by atoms with Gasteiger partial charge in [-0.3, -0.25) is 4.68 Å². The first-order valence-corrected chi connectivity index (χ1v) is 6.31. The van der Waals surface area contributed by atoms with Gasteiger partial charge in [0.2, 0.25) is 0 Å². The molecule has 0 amide bonds. The molecule has 0 saturated carbocycles. The van der Waals surface area contributed by atoms with E-state index < -0.39 is 0 Å². The Hall–Kier alpha value is -2.17. The molecule has 0 saturated heterocycles. The minimum Gasteiger partial charge on any atom is -0.493 e. The van der Waals surface area contributed by atoms with Crippen molar-refractivity contribution in [3.05, 3.63) is 36.0 Å². The first kappa shape index (κ1) is 13.3. The van der Waals surface area contributed by atoms with Crippen LogP contribution in [0.5, 0.6) is 11.5 Å².